The molecule has 3 heterocycles. The standard InChI is InChI=1S/C10H20N2O/c1-8(13)6-11-10-7-12-4-2-9(10)3-5-12/h8-11,13H,2-7H2,1H3. The Labute approximate surface area is 80.1 Å². The van der Waals surface area contributed by atoms with Crippen molar-refractivity contribution in [2.75, 3.05) is 26.2 Å². The van der Waals surface area contributed by atoms with Crippen LogP contribution in [0.2, 0.25) is 0 Å². The Hall–Kier alpha value is -0.120. The average Bonchev–Trinajstić information content (AvgIpc) is 2.17. The first-order valence-electron chi connectivity index (χ1n) is 5.39. The van der Waals surface area contributed by atoms with E-state index in [2.05, 4.69) is 10.2 Å². The van der Waals surface area contributed by atoms with Crippen molar-refractivity contribution in [2.45, 2.75) is 31.9 Å². The Balaban J connectivity index is 1.80. The lowest BCUT2D eigenvalue weighted by atomic mass is 9.84. The van der Waals surface area contributed by atoms with E-state index in [1.807, 2.05) is 6.92 Å². The van der Waals surface area contributed by atoms with Gasteiger partial charge in [0.05, 0.1) is 6.10 Å². The van der Waals surface area contributed by atoms with E-state index >= 15 is 0 Å². The van der Waals surface area contributed by atoms with Crippen LogP contribution in [0.1, 0.15) is 19.8 Å². The van der Waals surface area contributed by atoms with Crippen molar-refractivity contribution < 1.29 is 5.11 Å². The van der Waals surface area contributed by atoms with Crippen molar-refractivity contribution in [3.05, 3.63) is 0 Å². The Bertz CT molecular complexity index is 164. The van der Waals surface area contributed by atoms with Crippen LogP contribution in [0.15, 0.2) is 0 Å². The van der Waals surface area contributed by atoms with Gasteiger partial charge in [-0.05, 0) is 38.8 Å². The first-order valence-corrected chi connectivity index (χ1v) is 5.39. The molecule has 2 N–H and O–H groups in total. The van der Waals surface area contributed by atoms with Gasteiger partial charge in [0.15, 0.2) is 0 Å². The molecule has 0 radical (unpaired) electrons. The maximum Gasteiger partial charge on any atom is 0.0636 e. The van der Waals surface area contributed by atoms with Gasteiger partial charge in [-0.3, -0.25) is 0 Å². The summed E-state index contributed by atoms with van der Waals surface area (Å²) in [5.41, 5.74) is 0. The Morgan fingerprint density at radius 3 is 2.62 bits per heavy atom. The van der Waals surface area contributed by atoms with E-state index in [9.17, 15) is 5.11 Å². The molecule has 0 aliphatic carbocycles. The molecule has 13 heavy (non-hydrogen) atoms. The molecule has 3 nitrogen and oxygen atoms in total. The third kappa shape index (κ3) is 2.22. The van der Waals surface area contributed by atoms with E-state index in [0.717, 1.165) is 12.5 Å². The number of fused-ring (bicyclic) bond motifs is 3. The molecule has 0 amide bonds. The maximum absolute atomic E-state index is 9.18. The van der Waals surface area contributed by atoms with E-state index in [0.29, 0.717) is 6.04 Å². The Morgan fingerprint density at radius 1 is 1.46 bits per heavy atom. The molecule has 0 spiro atoms. The van der Waals surface area contributed by atoms with Crippen LogP contribution in [-0.4, -0.2) is 48.3 Å². The average molecular weight is 184 g/mol. The number of rotatable bonds is 3. The zero-order valence-electron chi connectivity index (χ0n) is 8.37. The van der Waals surface area contributed by atoms with Gasteiger partial charge in [-0.15, -0.1) is 0 Å². The number of nitrogens with zero attached hydrogens (tertiary/aromatic N) is 1. The van der Waals surface area contributed by atoms with Gasteiger partial charge in [0.2, 0.25) is 0 Å². The van der Waals surface area contributed by atoms with Gasteiger partial charge in [-0.25, -0.2) is 0 Å². The molecular formula is C10H20N2O. The van der Waals surface area contributed by atoms with Gasteiger partial charge in [0.25, 0.3) is 0 Å². The van der Waals surface area contributed by atoms with Crippen LogP contribution in [-0.2, 0) is 0 Å². The fourth-order valence-corrected chi connectivity index (χ4v) is 2.52. The minimum absolute atomic E-state index is 0.213. The van der Waals surface area contributed by atoms with E-state index in [-0.39, 0.29) is 6.10 Å². The highest BCUT2D eigenvalue weighted by Crippen LogP contribution is 2.27. The molecule has 3 rings (SSSR count). The maximum atomic E-state index is 9.18. The third-order valence-electron chi connectivity index (χ3n) is 3.33. The molecule has 0 aromatic rings. The second-order valence-electron chi connectivity index (χ2n) is 4.50. The summed E-state index contributed by atoms with van der Waals surface area (Å²) in [6.45, 7) is 6.36. The predicted molar refractivity (Wildman–Crippen MR) is 52.6 cm³/mol. The number of piperidine rings is 3. The summed E-state index contributed by atoms with van der Waals surface area (Å²) < 4.78 is 0. The number of hydrogen-bond donors (Lipinski definition) is 2. The monoisotopic (exact) mass is 184 g/mol. The topological polar surface area (TPSA) is 35.5 Å². The van der Waals surface area contributed by atoms with Crippen LogP contribution in [0.3, 0.4) is 0 Å². The predicted octanol–water partition coefficient (Wildman–Crippen LogP) is 0.0510. The summed E-state index contributed by atoms with van der Waals surface area (Å²) in [6, 6.07) is 0.636. The van der Waals surface area contributed by atoms with E-state index in [1.165, 1.54) is 32.5 Å². The highest BCUT2D eigenvalue weighted by Gasteiger charge is 2.33. The molecule has 3 heteroatoms. The largest absolute Gasteiger partial charge is 0.392 e. The smallest absolute Gasteiger partial charge is 0.0636 e. The van der Waals surface area contributed by atoms with Gasteiger partial charge < -0.3 is 15.3 Å². The van der Waals surface area contributed by atoms with Gasteiger partial charge in [-0.1, -0.05) is 0 Å². The minimum Gasteiger partial charge on any atom is -0.392 e. The molecule has 2 bridgehead atoms. The molecule has 0 saturated carbocycles. The van der Waals surface area contributed by atoms with Crippen LogP contribution in [0.5, 0.6) is 0 Å². The fraction of sp³-hybridized carbons (Fsp3) is 1.00. The van der Waals surface area contributed by atoms with Gasteiger partial charge in [0, 0.05) is 19.1 Å². The second kappa shape index (κ2) is 3.95. The number of aliphatic hydroxyl groups is 1. The van der Waals surface area contributed by atoms with Crippen LogP contribution < -0.4 is 5.32 Å². The molecular weight excluding hydrogens is 164 g/mol. The molecule has 3 saturated heterocycles. The van der Waals surface area contributed by atoms with Crippen molar-refractivity contribution in [3.63, 3.8) is 0 Å². The van der Waals surface area contributed by atoms with Gasteiger partial charge in [0.1, 0.15) is 0 Å². The first kappa shape index (κ1) is 9.44. The Kier molecular flexibility index (Phi) is 2.86. The summed E-state index contributed by atoms with van der Waals surface area (Å²) in [5.74, 6) is 0.865. The molecule has 3 aliphatic rings. The lowest BCUT2D eigenvalue weighted by Crippen LogP contribution is -2.56. The van der Waals surface area contributed by atoms with Crippen LogP contribution >= 0.6 is 0 Å². The minimum atomic E-state index is -0.213. The molecule has 0 aromatic heterocycles. The zero-order chi connectivity index (χ0) is 9.26. The normalized spacial score (nSPS) is 40.6. The fourth-order valence-electron chi connectivity index (χ4n) is 2.52. The van der Waals surface area contributed by atoms with Crippen molar-refractivity contribution >= 4 is 0 Å². The highest BCUT2D eigenvalue weighted by molar-refractivity contribution is 4.90. The number of hydrogen-bond acceptors (Lipinski definition) is 3. The Morgan fingerprint density at radius 2 is 2.15 bits per heavy atom. The van der Waals surface area contributed by atoms with Crippen LogP contribution in [0, 0.1) is 5.92 Å². The van der Waals surface area contributed by atoms with E-state index in [4.69, 9.17) is 0 Å². The van der Waals surface area contributed by atoms with E-state index in [1.54, 1.807) is 0 Å². The molecule has 76 valence electrons. The van der Waals surface area contributed by atoms with Crippen molar-refractivity contribution in [1.29, 1.82) is 0 Å². The van der Waals surface area contributed by atoms with E-state index < -0.39 is 0 Å². The lowest BCUT2D eigenvalue weighted by molar-refractivity contribution is 0.0653. The molecule has 3 fully saturated rings. The molecule has 2 atom stereocenters. The van der Waals surface area contributed by atoms with Crippen molar-refractivity contribution in [1.82, 2.24) is 10.2 Å². The summed E-state index contributed by atoms with van der Waals surface area (Å²) in [6.07, 6.45) is 2.48. The van der Waals surface area contributed by atoms with Gasteiger partial charge >= 0.3 is 0 Å². The molecule has 0 aromatic carbocycles. The van der Waals surface area contributed by atoms with Crippen molar-refractivity contribution in [3.8, 4) is 0 Å². The molecule has 3 aliphatic heterocycles. The van der Waals surface area contributed by atoms with Crippen LogP contribution in [0.25, 0.3) is 0 Å². The second-order valence-corrected chi connectivity index (χ2v) is 4.50. The quantitative estimate of drug-likeness (QED) is 0.650. The highest BCUT2D eigenvalue weighted by atomic mass is 16.3. The number of nitrogens with one attached hydrogen (secondary N) is 1. The lowest BCUT2D eigenvalue weighted by Gasteiger charge is -2.45. The summed E-state index contributed by atoms with van der Waals surface area (Å²) >= 11 is 0. The first-order chi connectivity index (χ1) is 6.25. The summed E-state index contributed by atoms with van der Waals surface area (Å²) in [5, 5.41) is 12.6. The van der Waals surface area contributed by atoms with Gasteiger partial charge in [-0.2, -0.15) is 0 Å². The van der Waals surface area contributed by atoms with Crippen LogP contribution in [0.4, 0.5) is 0 Å². The zero-order valence-corrected chi connectivity index (χ0v) is 8.37. The SMILES string of the molecule is CC(O)CNC1CN2CCC1CC2. The summed E-state index contributed by atoms with van der Waals surface area (Å²) in [7, 11) is 0. The summed E-state index contributed by atoms with van der Waals surface area (Å²) in [4.78, 5) is 2.53. The third-order valence-corrected chi connectivity index (χ3v) is 3.33. The molecule has 2 unspecified atom stereocenters. The number of aliphatic hydroxyl groups excluding tert-OH is 1. The van der Waals surface area contributed by atoms with Crippen molar-refractivity contribution in [2.24, 2.45) is 5.92 Å².